The van der Waals surface area contributed by atoms with Crippen LogP contribution in [0.15, 0.2) is 0 Å². The highest BCUT2D eigenvalue weighted by molar-refractivity contribution is 5.85. The fourth-order valence-electron chi connectivity index (χ4n) is 2.32. The molecule has 11 heavy (non-hydrogen) atoms. The van der Waals surface area contributed by atoms with E-state index in [2.05, 4.69) is 5.32 Å². The second-order valence-electron chi connectivity index (χ2n) is 3.77. The van der Waals surface area contributed by atoms with Crippen molar-refractivity contribution in [2.24, 2.45) is 5.41 Å². The predicted molar refractivity (Wildman–Crippen MR) is 45.9 cm³/mol. The Balaban J connectivity index is 0.000000605. The fraction of sp³-hybridized carbons (Fsp3) is 1.00. The van der Waals surface area contributed by atoms with Crippen LogP contribution >= 0.6 is 12.4 Å². The third-order valence-electron chi connectivity index (χ3n) is 2.97. The van der Waals surface area contributed by atoms with Crippen molar-refractivity contribution in [3.05, 3.63) is 0 Å². The van der Waals surface area contributed by atoms with Crippen LogP contribution in [0.1, 0.15) is 25.7 Å². The summed E-state index contributed by atoms with van der Waals surface area (Å²) >= 11 is 0. The first-order valence-corrected chi connectivity index (χ1v) is 4.16. The highest BCUT2D eigenvalue weighted by atomic mass is 35.5. The first kappa shape index (κ1) is 9.27. The molecule has 1 aliphatic carbocycles. The van der Waals surface area contributed by atoms with Gasteiger partial charge in [0.2, 0.25) is 0 Å². The Labute approximate surface area is 73.2 Å². The lowest BCUT2D eigenvalue weighted by molar-refractivity contribution is 0.277. The predicted octanol–water partition coefficient (Wildman–Crippen LogP) is 1.91. The van der Waals surface area contributed by atoms with Crippen molar-refractivity contribution in [3.8, 4) is 0 Å². The second kappa shape index (κ2) is 3.28. The van der Waals surface area contributed by atoms with E-state index in [4.69, 9.17) is 0 Å². The highest BCUT2D eigenvalue weighted by Gasteiger charge is 2.41. The van der Waals surface area contributed by atoms with Crippen molar-refractivity contribution in [1.82, 2.24) is 5.32 Å². The molecule has 1 N–H and O–H groups in total. The molecule has 1 spiro atoms. The summed E-state index contributed by atoms with van der Waals surface area (Å²) in [5.74, 6) is 0. The molecule has 2 atom stereocenters. The maximum Gasteiger partial charge on any atom is 0.101 e. The number of alkyl halides is 1. The third kappa shape index (κ3) is 1.67. The summed E-state index contributed by atoms with van der Waals surface area (Å²) in [7, 11) is 0. The van der Waals surface area contributed by atoms with Gasteiger partial charge in [-0.05, 0) is 37.6 Å². The van der Waals surface area contributed by atoms with Crippen LogP contribution in [0.4, 0.5) is 4.39 Å². The van der Waals surface area contributed by atoms with Gasteiger partial charge >= 0.3 is 0 Å². The molecule has 1 heterocycles. The Morgan fingerprint density at radius 1 is 1.36 bits per heavy atom. The fourth-order valence-corrected chi connectivity index (χ4v) is 2.32. The van der Waals surface area contributed by atoms with Crippen molar-refractivity contribution in [1.29, 1.82) is 0 Å². The van der Waals surface area contributed by atoms with E-state index >= 15 is 0 Å². The van der Waals surface area contributed by atoms with E-state index in [1.807, 2.05) is 0 Å². The van der Waals surface area contributed by atoms with E-state index in [1.165, 1.54) is 6.42 Å². The first-order valence-electron chi connectivity index (χ1n) is 4.16. The zero-order valence-corrected chi connectivity index (χ0v) is 7.42. The van der Waals surface area contributed by atoms with Gasteiger partial charge in [-0.2, -0.15) is 0 Å². The maximum absolute atomic E-state index is 12.8. The van der Waals surface area contributed by atoms with E-state index in [1.54, 1.807) is 0 Å². The molecule has 0 aromatic rings. The minimum absolute atomic E-state index is 0. The molecule has 0 amide bonds. The Kier molecular flexibility index (Phi) is 2.76. The third-order valence-corrected chi connectivity index (χ3v) is 2.97. The van der Waals surface area contributed by atoms with Crippen molar-refractivity contribution < 1.29 is 4.39 Å². The molecule has 1 saturated heterocycles. The van der Waals surface area contributed by atoms with Crippen molar-refractivity contribution in [2.75, 3.05) is 13.1 Å². The zero-order chi connectivity index (χ0) is 7.03. The lowest BCUT2D eigenvalue weighted by atomic mass is 9.86. The zero-order valence-electron chi connectivity index (χ0n) is 6.61. The second-order valence-corrected chi connectivity index (χ2v) is 3.77. The number of hydrogen-bond donors (Lipinski definition) is 1. The molecular formula is C8H15ClFN. The largest absolute Gasteiger partial charge is 0.316 e. The summed E-state index contributed by atoms with van der Waals surface area (Å²) in [6.07, 6.45) is 3.44. The van der Waals surface area contributed by atoms with Crippen LogP contribution < -0.4 is 5.32 Å². The number of nitrogens with one attached hydrogen (secondary N) is 1. The standard InChI is InChI=1S/C8H14FN.ClH/c9-7-1-2-8(5-7)3-4-10-6-8;/h7,10H,1-6H2;1H. The van der Waals surface area contributed by atoms with Crippen molar-refractivity contribution in [2.45, 2.75) is 31.9 Å². The van der Waals surface area contributed by atoms with E-state index in [-0.39, 0.29) is 12.4 Å². The molecule has 2 rings (SSSR count). The molecule has 0 bridgehead atoms. The topological polar surface area (TPSA) is 12.0 Å². The van der Waals surface area contributed by atoms with Crippen molar-refractivity contribution in [3.63, 3.8) is 0 Å². The Bertz CT molecular complexity index is 134. The molecule has 0 aromatic carbocycles. The minimum Gasteiger partial charge on any atom is -0.316 e. The molecule has 3 heteroatoms. The SMILES string of the molecule is Cl.FC1CCC2(CCNC2)C1. The quantitative estimate of drug-likeness (QED) is 0.599. The van der Waals surface area contributed by atoms with Gasteiger partial charge in [-0.15, -0.1) is 12.4 Å². The molecule has 1 nitrogen and oxygen atoms in total. The van der Waals surface area contributed by atoms with E-state index < -0.39 is 6.17 Å². The smallest absolute Gasteiger partial charge is 0.101 e. The minimum atomic E-state index is -0.500. The Morgan fingerprint density at radius 3 is 2.64 bits per heavy atom. The highest BCUT2D eigenvalue weighted by Crippen LogP contribution is 2.43. The summed E-state index contributed by atoms with van der Waals surface area (Å²) in [5.41, 5.74) is 0.374. The van der Waals surface area contributed by atoms with Gasteiger partial charge in [0.05, 0.1) is 0 Å². The van der Waals surface area contributed by atoms with Crippen LogP contribution in [0, 0.1) is 5.41 Å². The first-order chi connectivity index (χ1) is 4.81. The Morgan fingerprint density at radius 2 is 2.18 bits per heavy atom. The van der Waals surface area contributed by atoms with Gasteiger partial charge in [0.25, 0.3) is 0 Å². The number of rotatable bonds is 0. The Hall–Kier alpha value is 0.180. The summed E-state index contributed by atoms with van der Waals surface area (Å²) in [5, 5.41) is 3.31. The monoisotopic (exact) mass is 179 g/mol. The number of halogens is 2. The number of hydrogen-bond acceptors (Lipinski definition) is 1. The van der Waals surface area contributed by atoms with E-state index in [0.717, 1.165) is 32.4 Å². The normalized spacial score (nSPS) is 42.8. The molecule has 2 fully saturated rings. The summed E-state index contributed by atoms with van der Waals surface area (Å²) in [6, 6.07) is 0. The van der Waals surface area contributed by atoms with Gasteiger partial charge in [-0.25, -0.2) is 4.39 Å². The van der Waals surface area contributed by atoms with Gasteiger partial charge in [-0.1, -0.05) is 0 Å². The molecule has 1 saturated carbocycles. The van der Waals surface area contributed by atoms with Crippen LogP contribution in [-0.4, -0.2) is 19.3 Å². The molecule has 1 aliphatic heterocycles. The summed E-state index contributed by atoms with van der Waals surface area (Å²) < 4.78 is 12.8. The van der Waals surface area contributed by atoms with Gasteiger partial charge in [0.1, 0.15) is 6.17 Å². The molecule has 66 valence electrons. The summed E-state index contributed by atoms with van der Waals surface area (Å²) in [6.45, 7) is 2.17. The lowest BCUT2D eigenvalue weighted by Gasteiger charge is -2.19. The molecule has 0 radical (unpaired) electrons. The average molecular weight is 180 g/mol. The average Bonchev–Trinajstić information content (AvgIpc) is 2.46. The summed E-state index contributed by atoms with van der Waals surface area (Å²) in [4.78, 5) is 0. The van der Waals surface area contributed by atoms with Crippen LogP contribution in [0.2, 0.25) is 0 Å². The maximum atomic E-state index is 12.8. The molecular weight excluding hydrogens is 165 g/mol. The molecule has 2 unspecified atom stereocenters. The van der Waals surface area contributed by atoms with Gasteiger partial charge in [0, 0.05) is 6.54 Å². The molecule has 0 aromatic heterocycles. The lowest BCUT2D eigenvalue weighted by Crippen LogP contribution is -2.20. The van der Waals surface area contributed by atoms with Crippen LogP contribution in [0.3, 0.4) is 0 Å². The van der Waals surface area contributed by atoms with Crippen LogP contribution in [0.25, 0.3) is 0 Å². The van der Waals surface area contributed by atoms with Gasteiger partial charge in [-0.3, -0.25) is 0 Å². The van der Waals surface area contributed by atoms with E-state index in [0.29, 0.717) is 5.41 Å². The van der Waals surface area contributed by atoms with Gasteiger partial charge < -0.3 is 5.32 Å². The van der Waals surface area contributed by atoms with E-state index in [9.17, 15) is 4.39 Å². The van der Waals surface area contributed by atoms with Crippen LogP contribution in [0.5, 0.6) is 0 Å². The van der Waals surface area contributed by atoms with Crippen molar-refractivity contribution >= 4 is 12.4 Å². The van der Waals surface area contributed by atoms with Crippen LogP contribution in [-0.2, 0) is 0 Å². The van der Waals surface area contributed by atoms with Gasteiger partial charge in [0.15, 0.2) is 0 Å². The molecule has 2 aliphatic rings.